The minimum absolute atomic E-state index is 0.156. The highest BCUT2D eigenvalue weighted by atomic mass is 32.2. The number of rotatable bonds is 7. The zero-order valence-electron chi connectivity index (χ0n) is 19.7. The maximum atomic E-state index is 11.8. The number of nitrogens with zero attached hydrogens (tertiary/aromatic N) is 1. The number of fused-ring (bicyclic) bond motifs is 1. The topological polar surface area (TPSA) is 94.1 Å². The van der Waals surface area contributed by atoms with Crippen molar-refractivity contribution < 1.29 is 19.4 Å². The van der Waals surface area contributed by atoms with Crippen molar-refractivity contribution in [2.75, 3.05) is 6.61 Å². The predicted octanol–water partition coefficient (Wildman–Crippen LogP) is 4.76. The van der Waals surface area contributed by atoms with Gasteiger partial charge < -0.3 is 20.3 Å². The molecule has 2 aromatic carbocycles. The lowest BCUT2D eigenvalue weighted by Crippen LogP contribution is -2.37. The normalized spacial score (nSPS) is 22.0. The molecule has 2 unspecified atom stereocenters. The fourth-order valence-corrected chi connectivity index (χ4v) is 5.44. The summed E-state index contributed by atoms with van der Waals surface area (Å²) in [5.74, 6) is 2.00. The first-order chi connectivity index (χ1) is 15.7. The molecule has 0 aromatic heterocycles. The van der Waals surface area contributed by atoms with Crippen LogP contribution in [0.1, 0.15) is 54.0 Å². The number of nitrogens with two attached hydrogens (primary N) is 1. The number of thioether (sulfide) groups is 1. The van der Waals surface area contributed by atoms with Crippen LogP contribution in [0.3, 0.4) is 0 Å². The maximum absolute atomic E-state index is 11.8. The van der Waals surface area contributed by atoms with Crippen molar-refractivity contribution >= 4 is 22.8 Å². The van der Waals surface area contributed by atoms with Gasteiger partial charge in [-0.2, -0.15) is 4.99 Å². The minimum Gasteiger partial charge on any atom is -0.507 e. The number of amides is 1. The van der Waals surface area contributed by atoms with Gasteiger partial charge in [-0.1, -0.05) is 23.9 Å². The minimum atomic E-state index is -0.240. The van der Waals surface area contributed by atoms with Crippen molar-refractivity contribution in [1.29, 1.82) is 0 Å². The average Bonchev–Trinajstić information content (AvgIpc) is 3.11. The van der Waals surface area contributed by atoms with Crippen LogP contribution < -0.4 is 15.2 Å². The molecule has 33 heavy (non-hydrogen) atoms. The molecule has 2 aromatic rings. The fourth-order valence-electron chi connectivity index (χ4n) is 4.57. The summed E-state index contributed by atoms with van der Waals surface area (Å²) >= 11 is 1.32. The molecular weight excluding hydrogens is 436 g/mol. The number of benzene rings is 2. The first kappa shape index (κ1) is 23.5. The van der Waals surface area contributed by atoms with Crippen LogP contribution in [0, 0.1) is 20.8 Å². The van der Waals surface area contributed by atoms with E-state index < -0.39 is 0 Å². The standard InChI is InChI=1S/C26H32N2O4S/c1-15-16(2)23-20(17(3)22(15)29)10-12-26(4,32-23)11-5-13-31-19-8-6-18(7-9-19)14-21-24(30)28-25(27)33-21/h6-9,21,29H,5,10-14H2,1-4H3,(H2,27,28,30). The van der Waals surface area contributed by atoms with Crippen molar-refractivity contribution in [3.05, 3.63) is 52.1 Å². The maximum Gasteiger partial charge on any atom is 0.261 e. The molecule has 1 amide bonds. The lowest BCUT2D eigenvalue weighted by atomic mass is 9.85. The van der Waals surface area contributed by atoms with E-state index in [0.29, 0.717) is 23.9 Å². The van der Waals surface area contributed by atoms with E-state index in [1.54, 1.807) is 0 Å². The van der Waals surface area contributed by atoms with Gasteiger partial charge in [0.15, 0.2) is 5.17 Å². The zero-order valence-corrected chi connectivity index (χ0v) is 20.6. The summed E-state index contributed by atoms with van der Waals surface area (Å²) in [4.78, 5) is 15.6. The van der Waals surface area contributed by atoms with Crippen LogP contribution in [0.15, 0.2) is 29.3 Å². The van der Waals surface area contributed by atoms with Gasteiger partial charge in [0.2, 0.25) is 0 Å². The number of hydrogen-bond acceptors (Lipinski definition) is 6. The monoisotopic (exact) mass is 468 g/mol. The van der Waals surface area contributed by atoms with Crippen molar-refractivity contribution in [2.24, 2.45) is 10.7 Å². The van der Waals surface area contributed by atoms with Crippen molar-refractivity contribution in [3.8, 4) is 17.2 Å². The second-order valence-corrected chi connectivity index (χ2v) is 10.5. The third-order valence-corrected chi connectivity index (χ3v) is 7.80. The summed E-state index contributed by atoms with van der Waals surface area (Å²) < 4.78 is 12.4. The summed E-state index contributed by atoms with van der Waals surface area (Å²) in [5.41, 5.74) is 10.5. The van der Waals surface area contributed by atoms with E-state index in [1.165, 1.54) is 11.8 Å². The molecule has 3 N–H and O–H groups in total. The molecule has 176 valence electrons. The Morgan fingerprint density at radius 3 is 2.61 bits per heavy atom. The van der Waals surface area contributed by atoms with Crippen molar-refractivity contribution in [1.82, 2.24) is 0 Å². The van der Waals surface area contributed by atoms with Gasteiger partial charge in [0.1, 0.15) is 22.8 Å². The summed E-state index contributed by atoms with van der Waals surface area (Å²) in [6.45, 7) is 8.72. The number of hydrogen-bond donors (Lipinski definition) is 2. The molecular formula is C26H32N2O4S. The van der Waals surface area contributed by atoms with Crippen molar-refractivity contribution in [2.45, 2.75) is 70.7 Å². The van der Waals surface area contributed by atoms with Gasteiger partial charge in [0, 0.05) is 5.56 Å². The third-order valence-electron chi connectivity index (χ3n) is 6.81. The molecule has 0 fully saturated rings. The molecule has 2 aliphatic heterocycles. The van der Waals surface area contributed by atoms with Gasteiger partial charge in [-0.25, -0.2) is 0 Å². The van der Waals surface area contributed by atoms with Crippen LogP contribution in [0.2, 0.25) is 0 Å². The SMILES string of the molecule is Cc1c(C)c2c(c(C)c1O)CCC(C)(CCCOc1ccc(CC3SC(N)=NC3=O)cc1)O2. The van der Waals surface area contributed by atoms with E-state index in [4.69, 9.17) is 15.2 Å². The van der Waals surface area contributed by atoms with E-state index >= 15 is 0 Å². The van der Waals surface area contributed by atoms with E-state index in [9.17, 15) is 9.90 Å². The number of amidine groups is 1. The Balaban J connectivity index is 1.28. The van der Waals surface area contributed by atoms with Crippen LogP contribution in [-0.4, -0.2) is 33.6 Å². The molecule has 6 nitrogen and oxygen atoms in total. The van der Waals surface area contributed by atoms with E-state index in [0.717, 1.165) is 65.0 Å². The van der Waals surface area contributed by atoms with Gasteiger partial charge in [-0.15, -0.1) is 0 Å². The van der Waals surface area contributed by atoms with Gasteiger partial charge in [-0.3, -0.25) is 4.79 Å². The number of aliphatic imine (C=N–C) groups is 1. The van der Waals surface area contributed by atoms with Crippen LogP contribution >= 0.6 is 11.8 Å². The van der Waals surface area contributed by atoms with Crippen LogP contribution in [0.5, 0.6) is 17.2 Å². The fraction of sp³-hybridized carbons (Fsp3) is 0.462. The molecule has 7 heteroatoms. The van der Waals surface area contributed by atoms with Gasteiger partial charge >= 0.3 is 0 Å². The molecule has 0 bridgehead atoms. The number of carbonyl (C=O) groups excluding carboxylic acids is 1. The first-order valence-electron chi connectivity index (χ1n) is 11.4. The highest BCUT2D eigenvalue weighted by Gasteiger charge is 2.34. The smallest absolute Gasteiger partial charge is 0.261 e. The lowest BCUT2D eigenvalue weighted by Gasteiger charge is -2.38. The van der Waals surface area contributed by atoms with Crippen LogP contribution in [0.25, 0.3) is 0 Å². The number of carbonyl (C=O) groups is 1. The van der Waals surface area contributed by atoms with E-state index in [-0.39, 0.29) is 16.8 Å². The van der Waals surface area contributed by atoms with Crippen molar-refractivity contribution in [3.63, 3.8) is 0 Å². The number of phenolic OH excluding ortho intramolecular Hbond substituents is 1. The molecule has 0 aliphatic carbocycles. The molecule has 0 radical (unpaired) electrons. The number of phenols is 1. The largest absolute Gasteiger partial charge is 0.507 e. The molecule has 0 spiro atoms. The number of ether oxygens (including phenoxy) is 2. The van der Waals surface area contributed by atoms with E-state index in [1.807, 2.05) is 45.0 Å². The average molecular weight is 469 g/mol. The summed E-state index contributed by atoms with van der Waals surface area (Å²) in [6, 6.07) is 7.87. The quantitative estimate of drug-likeness (QED) is 0.569. The molecule has 0 saturated heterocycles. The Hall–Kier alpha value is -2.67. The zero-order chi connectivity index (χ0) is 23.8. The predicted molar refractivity (Wildman–Crippen MR) is 133 cm³/mol. The second kappa shape index (κ2) is 9.29. The highest BCUT2D eigenvalue weighted by molar-refractivity contribution is 8.15. The van der Waals surface area contributed by atoms with Gasteiger partial charge in [0.25, 0.3) is 5.91 Å². The summed E-state index contributed by atoms with van der Waals surface area (Å²) in [7, 11) is 0. The number of aromatic hydroxyl groups is 1. The Kier molecular flexibility index (Phi) is 6.61. The molecule has 4 rings (SSSR count). The Morgan fingerprint density at radius 1 is 1.21 bits per heavy atom. The van der Waals surface area contributed by atoms with Crippen LogP contribution in [0.4, 0.5) is 0 Å². The summed E-state index contributed by atoms with van der Waals surface area (Å²) in [5, 5.41) is 10.5. The molecule has 2 atom stereocenters. The van der Waals surface area contributed by atoms with Gasteiger partial charge in [-0.05, 0) is 94.2 Å². The highest BCUT2D eigenvalue weighted by Crippen LogP contribution is 2.44. The molecule has 2 heterocycles. The molecule has 0 saturated carbocycles. The lowest BCUT2D eigenvalue weighted by molar-refractivity contribution is -0.117. The van der Waals surface area contributed by atoms with E-state index in [2.05, 4.69) is 11.9 Å². The molecule has 2 aliphatic rings. The second-order valence-electron chi connectivity index (χ2n) is 9.28. The van der Waals surface area contributed by atoms with Crippen LogP contribution in [-0.2, 0) is 17.6 Å². The summed E-state index contributed by atoms with van der Waals surface area (Å²) in [6.07, 6.45) is 4.22. The Labute approximate surface area is 199 Å². The third kappa shape index (κ3) is 4.98. The van der Waals surface area contributed by atoms with Gasteiger partial charge in [0.05, 0.1) is 11.9 Å². The first-order valence-corrected chi connectivity index (χ1v) is 12.3. The Bertz CT molecular complexity index is 1100. The Morgan fingerprint density at radius 2 is 1.94 bits per heavy atom.